The number of halogens is 1. The van der Waals surface area contributed by atoms with Crippen molar-refractivity contribution in [2.45, 2.75) is 51.7 Å². The Morgan fingerprint density at radius 2 is 2.03 bits per heavy atom. The Balaban J connectivity index is 1.70. The molecule has 29 heavy (non-hydrogen) atoms. The highest BCUT2D eigenvalue weighted by atomic mass is 19.1. The van der Waals surface area contributed by atoms with Crippen molar-refractivity contribution in [3.05, 3.63) is 47.4 Å². The van der Waals surface area contributed by atoms with E-state index < -0.39 is 0 Å². The molecular weight excluding hydrogens is 371 g/mol. The maximum absolute atomic E-state index is 14.2. The van der Waals surface area contributed by atoms with E-state index in [1.807, 2.05) is 13.0 Å². The first kappa shape index (κ1) is 19.6. The number of nitrogens with one attached hydrogen (secondary N) is 2. The lowest BCUT2D eigenvalue weighted by Gasteiger charge is -2.23. The second-order valence-corrected chi connectivity index (χ2v) is 7.79. The molecule has 0 radical (unpaired) electrons. The lowest BCUT2D eigenvalue weighted by Crippen LogP contribution is -2.37. The van der Waals surface area contributed by atoms with Crippen LogP contribution in [0.3, 0.4) is 0 Å². The molecule has 2 N–H and O–H groups in total. The van der Waals surface area contributed by atoms with Crippen LogP contribution in [0.5, 0.6) is 6.01 Å². The minimum Gasteiger partial charge on any atom is -0.459 e. The molecule has 3 aromatic rings. The Bertz CT molecular complexity index is 982. The highest BCUT2D eigenvalue weighted by molar-refractivity contribution is 5.53. The predicted molar refractivity (Wildman–Crippen MR) is 110 cm³/mol. The molecule has 0 spiro atoms. The van der Waals surface area contributed by atoms with Crippen molar-refractivity contribution in [3.8, 4) is 6.01 Å². The molecule has 0 unspecified atom stereocenters. The smallest absolute Gasteiger partial charge is 0.322 e. The molecule has 3 heterocycles. The fourth-order valence-electron chi connectivity index (χ4n) is 3.60. The van der Waals surface area contributed by atoms with Gasteiger partial charge in [-0.1, -0.05) is 32.0 Å². The van der Waals surface area contributed by atoms with E-state index in [1.165, 1.54) is 6.07 Å². The van der Waals surface area contributed by atoms with E-state index in [0.717, 1.165) is 31.5 Å². The monoisotopic (exact) mass is 398 g/mol. The average molecular weight is 398 g/mol. The number of piperidine rings is 1. The SMILES string of the molecule is CC(C)c1cnn2c(N[C@H](C)c3ccccc3F)nc(O[C@@H]3CCCNC3)nc12. The lowest BCUT2D eigenvalue weighted by molar-refractivity contribution is 0.153. The van der Waals surface area contributed by atoms with Crippen LogP contribution >= 0.6 is 0 Å². The molecule has 0 amide bonds. The number of hydrogen-bond acceptors (Lipinski definition) is 6. The first-order valence-corrected chi connectivity index (χ1v) is 10.2. The molecule has 1 fully saturated rings. The van der Waals surface area contributed by atoms with Crippen molar-refractivity contribution in [2.24, 2.45) is 0 Å². The van der Waals surface area contributed by atoms with E-state index in [4.69, 9.17) is 4.74 Å². The molecular formula is C21H27FN6O. The Hall–Kier alpha value is -2.74. The maximum atomic E-state index is 14.2. The van der Waals surface area contributed by atoms with E-state index in [0.29, 0.717) is 23.2 Å². The molecule has 0 bridgehead atoms. The van der Waals surface area contributed by atoms with Crippen LogP contribution in [0.4, 0.5) is 10.3 Å². The summed E-state index contributed by atoms with van der Waals surface area (Å²) in [5.41, 5.74) is 2.28. The first-order chi connectivity index (χ1) is 14.0. The number of benzene rings is 1. The van der Waals surface area contributed by atoms with Crippen molar-refractivity contribution in [3.63, 3.8) is 0 Å². The van der Waals surface area contributed by atoms with Gasteiger partial charge in [0.05, 0.1) is 12.2 Å². The van der Waals surface area contributed by atoms with Gasteiger partial charge in [-0.25, -0.2) is 4.39 Å². The zero-order valence-electron chi connectivity index (χ0n) is 17.0. The molecule has 0 saturated carbocycles. The molecule has 2 aromatic heterocycles. The molecule has 4 rings (SSSR count). The summed E-state index contributed by atoms with van der Waals surface area (Å²) in [6.07, 6.45) is 3.87. The molecule has 7 nitrogen and oxygen atoms in total. The number of hydrogen-bond donors (Lipinski definition) is 2. The quantitative estimate of drug-likeness (QED) is 0.660. The van der Waals surface area contributed by atoms with Crippen molar-refractivity contribution in [1.29, 1.82) is 0 Å². The maximum Gasteiger partial charge on any atom is 0.322 e. The van der Waals surface area contributed by atoms with Crippen LogP contribution in [0.1, 0.15) is 56.7 Å². The second-order valence-electron chi connectivity index (χ2n) is 7.79. The molecule has 8 heteroatoms. The minimum absolute atomic E-state index is 0.0356. The third-order valence-electron chi connectivity index (χ3n) is 5.24. The number of nitrogens with zero attached hydrogens (tertiary/aromatic N) is 4. The van der Waals surface area contributed by atoms with E-state index in [9.17, 15) is 4.39 Å². The van der Waals surface area contributed by atoms with E-state index in [-0.39, 0.29) is 23.9 Å². The average Bonchev–Trinajstić information content (AvgIpc) is 3.13. The zero-order chi connectivity index (χ0) is 20.4. The summed E-state index contributed by atoms with van der Waals surface area (Å²) in [5, 5.41) is 11.1. The topological polar surface area (TPSA) is 76.4 Å². The highest BCUT2D eigenvalue weighted by Gasteiger charge is 2.21. The Morgan fingerprint density at radius 1 is 1.21 bits per heavy atom. The number of anilines is 1. The van der Waals surface area contributed by atoms with Gasteiger partial charge >= 0.3 is 6.01 Å². The summed E-state index contributed by atoms with van der Waals surface area (Å²) in [6.45, 7) is 7.87. The van der Waals surface area contributed by atoms with Gasteiger partial charge in [-0.2, -0.15) is 19.6 Å². The molecule has 0 aliphatic carbocycles. The van der Waals surface area contributed by atoms with Crippen LogP contribution in [0, 0.1) is 5.82 Å². The van der Waals surface area contributed by atoms with Gasteiger partial charge in [0.2, 0.25) is 5.95 Å². The third kappa shape index (κ3) is 4.17. The summed E-state index contributed by atoms with van der Waals surface area (Å²) >= 11 is 0. The van der Waals surface area contributed by atoms with Crippen LogP contribution < -0.4 is 15.4 Å². The van der Waals surface area contributed by atoms with Gasteiger partial charge in [0.1, 0.15) is 11.9 Å². The van der Waals surface area contributed by atoms with Gasteiger partial charge in [0.15, 0.2) is 5.65 Å². The van der Waals surface area contributed by atoms with Crippen molar-refractivity contribution >= 4 is 11.6 Å². The molecule has 154 valence electrons. The summed E-state index contributed by atoms with van der Waals surface area (Å²) in [4.78, 5) is 9.20. The van der Waals surface area contributed by atoms with Crippen molar-refractivity contribution in [1.82, 2.24) is 24.9 Å². The summed E-state index contributed by atoms with van der Waals surface area (Å²) in [6, 6.07) is 6.74. The van der Waals surface area contributed by atoms with Gasteiger partial charge in [0.25, 0.3) is 0 Å². The highest BCUT2D eigenvalue weighted by Crippen LogP contribution is 2.26. The Morgan fingerprint density at radius 3 is 2.76 bits per heavy atom. The normalized spacial score (nSPS) is 18.2. The van der Waals surface area contributed by atoms with Crippen LogP contribution in [0.15, 0.2) is 30.5 Å². The molecule has 1 aliphatic rings. The number of ether oxygens (including phenoxy) is 1. The summed E-state index contributed by atoms with van der Waals surface area (Å²) in [7, 11) is 0. The molecule has 1 saturated heterocycles. The summed E-state index contributed by atoms with van der Waals surface area (Å²) in [5.74, 6) is 0.478. The van der Waals surface area contributed by atoms with Gasteiger partial charge in [-0.3, -0.25) is 0 Å². The minimum atomic E-state index is -0.301. The van der Waals surface area contributed by atoms with Crippen LogP contribution in [0.25, 0.3) is 5.65 Å². The Kier molecular flexibility index (Phi) is 5.62. The molecule has 1 aliphatic heterocycles. The fourth-order valence-corrected chi connectivity index (χ4v) is 3.60. The van der Waals surface area contributed by atoms with E-state index >= 15 is 0 Å². The summed E-state index contributed by atoms with van der Waals surface area (Å²) < 4.78 is 22.0. The largest absolute Gasteiger partial charge is 0.459 e. The second kappa shape index (κ2) is 8.32. The predicted octanol–water partition coefficient (Wildman–Crippen LogP) is 3.69. The van der Waals surface area contributed by atoms with E-state index in [2.05, 4.69) is 39.5 Å². The zero-order valence-corrected chi connectivity index (χ0v) is 17.0. The van der Waals surface area contributed by atoms with Gasteiger partial charge in [0, 0.05) is 17.7 Å². The van der Waals surface area contributed by atoms with Crippen LogP contribution in [0.2, 0.25) is 0 Å². The number of fused-ring (bicyclic) bond motifs is 1. The fraction of sp³-hybridized carbons (Fsp3) is 0.476. The lowest BCUT2D eigenvalue weighted by atomic mass is 10.1. The standard InChI is InChI=1S/C21H27FN6O/c1-13(2)17-12-24-28-19(17)26-21(29-15-7-6-10-23-11-15)27-20(28)25-14(3)16-8-4-5-9-18(16)22/h4-5,8-9,12-15,23H,6-7,10-11H2,1-3H3,(H,25,26,27)/t14-,15-/m1/s1. The molecule has 1 aromatic carbocycles. The third-order valence-corrected chi connectivity index (χ3v) is 5.24. The van der Waals surface area contributed by atoms with Crippen LogP contribution in [-0.4, -0.2) is 38.8 Å². The Labute approximate surface area is 169 Å². The van der Waals surface area contributed by atoms with Gasteiger partial charge in [-0.15, -0.1) is 0 Å². The number of aromatic nitrogens is 4. The van der Waals surface area contributed by atoms with Crippen molar-refractivity contribution in [2.75, 3.05) is 18.4 Å². The van der Waals surface area contributed by atoms with Crippen molar-refractivity contribution < 1.29 is 9.13 Å². The number of rotatable bonds is 6. The van der Waals surface area contributed by atoms with E-state index in [1.54, 1.807) is 22.8 Å². The van der Waals surface area contributed by atoms with Crippen LogP contribution in [-0.2, 0) is 0 Å². The van der Waals surface area contributed by atoms with Gasteiger partial charge < -0.3 is 15.4 Å². The van der Waals surface area contributed by atoms with Gasteiger partial charge in [-0.05, 0) is 38.3 Å². The first-order valence-electron chi connectivity index (χ1n) is 10.2. The molecule has 2 atom stereocenters.